The highest BCUT2D eigenvalue weighted by molar-refractivity contribution is 7.88. The third-order valence-corrected chi connectivity index (χ3v) is 20.7. The van der Waals surface area contributed by atoms with E-state index in [0.717, 1.165) is 21.1 Å². The number of likely N-dealkylation sites (N-methyl/N-ethyl adjacent to an activating group) is 2. The van der Waals surface area contributed by atoms with Crippen LogP contribution in [0.2, 0.25) is 0 Å². The number of hydrogen-bond acceptors (Lipinski definition) is 15. The van der Waals surface area contributed by atoms with Gasteiger partial charge in [0.15, 0.2) is 17.3 Å². The summed E-state index contributed by atoms with van der Waals surface area (Å²) in [6.07, 6.45) is 4.42. The van der Waals surface area contributed by atoms with Gasteiger partial charge in [0.1, 0.15) is 34.2 Å². The van der Waals surface area contributed by atoms with Crippen LogP contribution in [0.5, 0.6) is 11.5 Å². The Bertz CT molecular complexity index is 2940. The van der Waals surface area contributed by atoms with E-state index >= 15 is 23.2 Å². The molecule has 4 saturated heterocycles. The average molecular weight is 1150 g/mol. The van der Waals surface area contributed by atoms with E-state index in [4.69, 9.17) is 9.47 Å². The van der Waals surface area contributed by atoms with Crippen LogP contribution in [-0.4, -0.2) is 192 Å². The van der Waals surface area contributed by atoms with Gasteiger partial charge in [0.05, 0.1) is 37.8 Å². The monoisotopic (exact) mass is 1150 g/mol. The zero-order chi connectivity index (χ0) is 58.1. The van der Waals surface area contributed by atoms with E-state index in [-0.39, 0.29) is 59.9 Å². The van der Waals surface area contributed by atoms with Gasteiger partial charge in [-0.2, -0.15) is 0 Å². The maximum atomic E-state index is 18.7. The second-order valence-electron chi connectivity index (χ2n) is 22.5. The summed E-state index contributed by atoms with van der Waals surface area (Å²) in [6.45, 7) is 3.23. The molecule has 8 rings (SSSR count). The third kappa shape index (κ3) is 11.5. The molecule has 4 heterocycles. The van der Waals surface area contributed by atoms with Gasteiger partial charge in [-0.3, -0.25) is 24.2 Å². The minimum absolute atomic E-state index is 0.0687. The van der Waals surface area contributed by atoms with Gasteiger partial charge in [-0.1, -0.05) is 48.5 Å². The number of hydrogen-bond donors (Lipinski definition) is 4. The fourth-order valence-corrected chi connectivity index (χ4v) is 15.2. The van der Waals surface area contributed by atoms with E-state index in [0.29, 0.717) is 63.0 Å². The van der Waals surface area contributed by atoms with Crippen LogP contribution in [0, 0.1) is 49.2 Å². The molecule has 4 fully saturated rings. The first kappa shape index (κ1) is 61.0. The lowest BCUT2D eigenvalue weighted by Crippen LogP contribution is -2.74. The lowest BCUT2D eigenvalue weighted by atomic mass is 9.58. The SMILES string of the molecule is COC[C@@]1(C(=O)[C@]2(COC)[C@@H]([C@H]3CCCNC3)[C@H](c3cccc(F)c3C)[C@@H](C(=O)c3cccc(O)c3)N2CCN(C)S(C)(=O)=O)[C@@H]([C@H]2CCCNC2)[C@H](c2cccc(F)c2C)[C@@H](C(=O)c2cccc(O)c2)N1CCN(C)S(C)(=O)=O. The fourth-order valence-electron chi connectivity index (χ4n) is 14.3. The number of piperidine rings is 2. The van der Waals surface area contributed by atoms with Crippen molar-refractivity contribution in [1.29, 1.82) is 0 Å². The molecule has 0 aromatic heterocycles. The summed E-state index contributed by atoms with van der Waals surface area (Å²) in [5.41, 5.74) is -2.67. The van der Waals surface area contributed by atoms with Gasteiger partial charge >= 0.3 is 0 Å². The number of nitrogens with one attached hydrogen (secondary N) is 2. The van der Waals surface area contributed by atoms with Crippen LogP contribution in [-0.2, 0) is 34.3 Å². The molecule has 10 atom stereocenters. The first-order valence-corrected chi connectivity index (χ1v) is 31.1. The summed E-state index contributed by atoms with van der Waals surface area (Å²) in [7, 11) is -2.18. The Morgan fingerprint density at radius 3 is 1.34 bits per heavy atom. The normalized spacial score (nSPS) is 27.9. The molecule has 0 radical (unpaired) electrons. The summed E-state index contributed by atoms with van der Waals surface area (Å²) < 4.78 is 102. The maximum absolute atomic E-state index is 18.7. The highest BCUT2D eigenvalue weighted by Crippen LogP contribution is 2.61. The number of phenolic OH excluding ortho intramolecular Hbond substituents is 2. The third-order valence-electron chi connectivity index (χ3n) is 18.0. The van der Waals surface area contributed by atoms with E-state index in [1.165, 1.54) is 76.8 Å². The molecule has 21 heteroatoms. The zero-order valence-corrected chi connectivity index (χ0v) is 48.7. The molecule has 0 aliphatic carbocycles. The first-order chi connectivity index (χ1) is 37.9. The van der Waals surface area contributed by atoms with Crippen LogP contribution >= 0.6 is 0 Å². The lowest BCUT2D eigenvalue weighted by molar-refractivity contribution is -0.159. The van der Waals surface area contributed by atoms with Gasteiger partial charge in [-0.25, -0.2) is 34.2 Å². The summed E-state index contributed by atoms with van der Waals surface area (Å²) in [5.74, 6) is -8.21. The molecule has 4 N–H and O–H groups in total. The Morgan fingerprint density at radius 2 is 1.01 bits per heavy atom. The molecule has 0 amide bonds. The van der Waals surface area contributed by atoms with Crippen molar-refractivity contribution < 1.29 is 59.7 Å². The molecular weight excluding hydrogens is 1070 g/mol. The van der Waals surface area contributed by atoms with Crippen molar-refractivity contribution in [2.75, 3.05) is 106 Å². The number of nitrogens with zero attached hydrogens (tertiary/aromatic N) is 4. The Labute approximate surface area is 470 Å². The summed E-state index contributed by atoms with van der Waals surface area (Å²) in [4.78, 5) is 54.6. The van der Waals surface area contributed by atoms with Crippen molar-refractivity contribution in [2.24, 2.45) is 23.7 Å². The second kappa shape index (κ2) is 24.8. The maximum Gasteiger partial charge on any atom is 0.210 e. The Balaban J connectivity index is 1.57. The van der Waals surface area contributed by atoms with Gasteiger partial charge in [0, 0.05) is 77.5 Å². The minimum Gasteiger partial charge on any atom is -0.508 e. The van der Waals surface area contributed by atoms with Gasteiger partial charge in [-0.15, -0.1) is 0 Å². The number of carbonyl (C=O) groups is 3. The van der Waals surface area contributed by atoms with Gasteiger partial charge in [0.25, 0.3) is 0 Å². The van der Waals surface area contributed by atoms with Crippen LogP contribution < -0.4 is 10.6 Å². The molecule has 0 spiro atoms. The van der Waals surface area contributed by atoms with Crippen LogP contribution in [0.4, 0.5) is 8.78 Å². The van der Waals surface area contributed by atoms with Crippen molar-refractivity contribution in [3.63, 3.8) is 0 Å². The number of ketones is 3. The number of benzene rings is 4. The van der Waals surface area contributed by atoms with E-state index in [1.807, 2.05) is 0 Å². The molecule has 80 heavy (non-hydrogen) atoms. The van der Waals surface area contributed by atoms with Crippen molar-refractivity contribution in [1.82, 2.24) is 29.0 Å². The lowest BCUT2D eigenvalue weighted by Gasteiger charge is -2.54. The first-order valence-electron chi connectivity index (χ1n) is 27.4. The average Bonchev–Trinajstić information content (AvgIpc) is 3.33. The summed E-state index contributed by atoms with van der Waals surface area (Å²) >= 11 is 0. The number of ether oxygens (including phenoxy) is 2. The number of methoxy groups -OCH3 is 2. The summed E-state index contributed by atoms with van der Waals surface area (Å²) in [5, 5.41) is 29.1. The van der Waals surface area contributed by atoms with Crippen LogP contribution in [0.15, 0.2) is 84.9 Å². The van der Waals surface area contributed by atoms with E-state index in [9.17, 15) is 27.0 Å². The highest BCUT2D eigenvalue weighted by Gasteiger charge is 2.75. The van der Waals surface area contributed by atoms with Crippen LogP contribution in [0.3, 0.4) is 0 Å². The smallest absolute Gasteiger partial charge is 0.210 e. The fraction of sp³-hybridized carbons (Fsp3) is 0.542. The van der Waals surface area contributed by atoms with E-state index in [1.54, 1.807) is 60.0 Å². The minimum atomic E-state index is -3.92. The number of Topliss-reactive ketones (excluding diaryl/α,β-unsaturated/α-hetero) is 3. The molecule has 436 valence electrons. The van der Waals surface area contributed by atoms with Gasteiger partial charge in [0.2, 0.25) is 20.0 Å². The number of halogens is 2. The number of sulfonamides is 2. The molecule has 0 unspecified atom stereocenters. The Morgan fingerprint density at radius 1 is 0.637 bits per heavy atom. The number of rotatable bonds is 22. The number of aromatic hydroxyl groups is 2. The number of carbonyl (C=O) groups excluding carboxylic acids is 3. The van der Waals surface area contributed by atoms with Crippen LogP contribution in [0.25, 0.3) is 0 Å². The van der Waals surface area contributed by atoms with Crippen LogP contribution in [0.1, 0.15) is 80.5 Å². The van der Waals surface area contributed by atoms with E-state index < -0.39 is 121 Å². The second-order valence-corrected chi connectivity index (χ2v) is 26.7. The van der Waals surface area contributed by atoms with E-state index in [2.05, 4.69) is 10.6 Å². The van der Waals surface area contributed by atoms with Crippen molar-refractivity contribution >= 4 is 37.4 Å². The standard InChI is InChI=1S/C59H78F2N6O11S2/c1-37-45(21-11-23-47(37)60)49-51(41-17-13-25-62-33-41)58(35-77-5,66(29-27-64(3)79(7,73)74)53(49)55(70)39-15-9-19-43(68)31-39)57(72)59(36-78-6)52(42-18-14-26-63-34-42)50(46-22-12-24-48(61)38(46)2)54(56(71)40-16-10-20-44(69)32-40)67(59)30-28-65(4)80(8,75)76/h9-12,15-16,19-24,31-32,41-42,49-54,62-63,68-69H,13-14,17-18,25-30,33-36H2,1-8H3/t41-,42-,49-,50-,51-,52-,53-,54-,58-,59-/m0/s1. The van der Waals surface area contributed by atoms with Crippen molar-refractivity contribution in [3.05, 3.63) is 130 Å². The topological polar surface area (TPSA) is 215 Å². The molecule has 4 aliphatic rings. The number of likely N-dealkylation sites (tertiary alicyclic amines) is 2. The van der Waals surface area contributed by atoms with Crippen molar-refractivity contribution in [3.8, 4) is 11.5 Å². The Hall–Kier alpha value is -5.07. The largest absolute Gasteiger partial charge is 0.508 e. The molecule has 17 nitrogen and oxygen atoms in total. The molecular formula is C59H78F2N6O11S2. The number of phenols is 2. The zero-order valence-electron chi connectivity index (χ0n) is 47.0. The molecule has 0 bridgehead atoms. The predicted molar refractivity (Wildman–Crippen MR) is 301 cm³/mol. The quantitative estimate of drug-likeness (QED) is 0.0731. The predicted octanol–water partition coefficient (Wildman–Crippen LogP) is 5.35. The molecule has 4 aliphatic heterocycles. The molecule has 0 saturated carbocycles. The Kier molecular flexibility index (Phi) is 18.9. The van der Waals surface area contributed by atoms with Crippen molar-refractivity contribution in [2.45, 2.75) is 74.5 Å². The molecule has 4 aromatic carbocycles. The van der Waals surface area contributed by atoms with Gasteiger partial charge < -0.3 is 30.3 Å². The van der Waals surface area contributed by atoms with Gasteiger partial charge in [-0.05, 0) is 148 Å². The summed E-state index contributed by atoms with van der Waals surface area (Å²) in [6, 6.07) is 18.1. The highest BCUT2D eigenvalue weighted by atomic mass is 32.2. The molecule has 4 aromatic rings.